The maximum Gasteiger partial charge on any atom is 0.425 e. The molecule has 0 saturated carbocycles. The first-order valence-electron chi connectivity index (χ1n) is 7.30. The SMILES string of the molecule is C[C@H](c1ccccc1[C@](O)(c1ccccc1)C(F)(F)F)N(C)C. The molecule has 2 atom stereocenters. The van der Waals surface area contributed by atoms with Gasteiger partial charge in [-0.1, -0.05) is 54.6 Å². The van der Waals surface area contributed by atoms with Gasteiger partial charge in [0.1, 0.15) is 0 Å². The smallest absolute Gasteiger partial charge is 0.372 e. The molecule has 124 valence electrons. The van der Waals surface area contributed by atoms with Crippen molar-refractivity contribution in [2.45, 2.75) is 24.7 Å². The van der Waals surface area contributed by atoms with Crippen LogP contribution in [-0.2, 0) is 5.60 Å². The molecule has 0 aromatic heterocycles. The van der Waals surface area contributed by atoms with E-state index >= 15 is 0 Å². The van der Waals surface area contributed by atoms with Gasteiger partial charge < -0.3 is 10.0 Å². The van der Waals surface area contributed by atoms with Crippen molar-refractivity contribution in [2.24, 2.45) is 0 Å². The van der Waals surface area contributed by atoms with Crippen LogP contribution in [0.3, 0.4) is 0 Å². The zero-order chi connectivity index (χ0) is 17.3. The second-order valence-electron chi connectivity index (χ2n) is 5.80. The molecular formula is C18H20F3NO. The molecule has 0 aliphatic carbocycles. The lowest BCUT2D eigenvalue weighted by atomic mass is 9.81. The molecule has 0 spiro atoms. The summed E-state index contributed by atoms with van der Waals surface area (Å²) in [5.41, 5.74) is -2.93. The minimum atomic E-state index is -4.84. The monoisotopic (exact) mass is 323 g/mol. The van der Waals surface area contributed by atoms with Crippen molar-refractivity contribution in [3.8, 4) is 0 Å². The summed E-state index contributed by atoms with van der Waals surface area (Å²) >= 11 is 0. The van der Waals surface area contributed by atoms with E-state index in [0.29, 0.717) is 5.56 Å². The van der Waals surface area contributed by atoms with Crippen molar-refractivity contribution in [2.75, 3.05) is 14.1 Å². The molecule has 0 fully saturated rings. The third-order valence-corrected chi connectivity index (χ3v) is 4.18. The number of nitrogens with zero attached hydrogens (tertiary/aromatic N) is 1. The number of halogens is 3. The third-order valence-electron chi connectivity index (χ3n) is 4.18. The molecule has 5 heteroatoms. The van der Waals surface area contributed by atoms with Crippen LogP contribution in [0.5, 0.6) is 0 Å². The predicted molar refractivity (Wildman–Crippen MR) is 84.0 cm³/mol. The molecule has 0 unspecified atom stereocenters. The van der Waals surface area contributed by atoms with Crippen LogP contribution in [0.4, 0.5) is 13.2 Å². The van der Waals surface area contributed by atoms with Crippen LogP contribution < -0.4 is 0 Å². The second-order valence-corrected chi connectivity index (χ2v) is 5.80. The first-order valence-corrected chi connectivity index (χ1v) is 7.30. The number of hydrogen-bond donors (Lipinski definition) is 1. The lowest BCUT2D eigenvalue weighted by Gasteiger charge is -2.35. The van der Waals surface area contributed by atoms with Crippen LogP contribution in [0, 0.1) is 0 Å². The second kappa shape index (κ2) is 6.34. The fourth-order valence-electron chi connectivity index (χ4n) is 2.62. The summed E-state index contributed by atoms with van der Waals surface area (Å²) in [6, 6.07) is 13.1. The quantitative estimate of drug-likeness (QED) is 0.915. The molecule has 0 bridgehead atoms. The minimum Gasteiger partial charge on any atom is -0.372 e. The van der Waals surface area contributed by atoms with Gasteiger partial charge in [0.2, 0.25) is 5.60 Å². The lowest BCUT2D eigenvalue weighted by molar-refractivity contribution is -0.248. The molecule has 0 radical (unpaired) electrons. The summed E-state index contributed by atoms with van der Waals surface area (Å²) in [5.74, 6) is 0. The molecule has 2 aromatic rings. The molecule has 0 aliphatic rings. The maximum atomic E-state index is 13.9. The first-order chi connectivity index (χ1) is 10.7. The van der Waals surface area contributed by atoms with E-state index in [1.54, 1.807) is 44.1 Å². The average Bonchev–Trinajstić information content (AvgIpc) is 2.53. The van der Waals surface area contributed by atoms with Crippen LogP contribution in [0.25, 0.3) is 0 Å². The van der Waals surface area contributed by atoms with E-state index in [1.807, 2.05) is 0 Å². The molecule has 0 aliphatic heterocycles. The van der Waals surface area contributed by atoms with Gasteiger partial charge in [0.15, 0.2) is 0 Å². The largest absolute Gasteiger partial charge is 0.425 e. The highest BCUT2D eigenvalue weighted by Crippen LogP contribution is 2.46. The first kappa shape index (κ1) is 17.5. The van der Waals surface area contributed by atoms with Crippen LogP contribution in [0.15, 0.2) is 54.6 Å². The molecule has 2 aromatic carbocycles. The Morgan fingerprint density at radius 3 is 1.96 bits per heavy atom. The zero-order valence-electron chi connectivity index (χ0n) is 13.3. The van der Waals surface area contributed by atoms with E-state index in [2.05, 4.69) is 0 Å². The lowest BCUT2D eigenvalue weighted by Crippen LogP contribution is -2.44. The summed E-state index contributed by atoms with van der Waals surface area (Å²) in [6.07, 6.45) is -4.84. The Kier molecular flexibility index (Phi) is 4.82. The number of alkyl halides is 3. The normalized spacial score (nSPS) is 16.2. The Labute approximate surface area is 134 Å². The molecule has 2 nitrogen and oxygen atoms in total. The fraction of sp³-hybridized carbons (Fsp3) is 0.333. The Hall–Kier alpha value is -1.85. The van der Waals surface area contributed by atoms with Crippen molar-refractivity contribution < 1.29 is 18.3 Å². The summed E-state index contributed by atoms with van der Waals surface area (Å²) < 4.78 is 41.6. The molecule has 0 saturated heterocycles. The van der Waals surface area contributed by atoms with Crippen LogP contribution in [0.2, 0.25) is 0 Å². The molecular weight excluding hydrogens is 303 g/mol. The van der Waals surface area contributed by atoms with Crippen LogP contribution in [0.1, 0.15) is 29.7 Å². The number of hydrogen-bond acceptors (Lipinski definition) is 2. The minimum absolute atomic E-state index is 0.139. The van der Waals surface area contributed by atoms with E-state index < -0.39 is 11.8 Å². The van der Waals surface area contributed by atoms with Gasteiger partial charge in [-0.2, -0.15) is 13.2 Å². The standard InChI is InChI=1S/C18H20F3NO/c1-13(22(2)3)15-11-7-8-12-16(15)17(23,18(19,20)21)14-9-5-4-6-10-14/h4-13,23H,1-3H3/t13-,17-/m1/s1. The van der Waals surface area contributed by atoms with E-state index in [4.69, 9.17) is 0 Å². The Morgan fingerprint density at radius 1 is 0.913 bits per heavy atom. The summed E-state index contributed by atoms with van der Waals surface area (Å²) in [5, 5.41) is 10.8. The summed E-state index contributed by atoms with van der Waals surface area (Å²) in [4.78, 5) is 1.81. The van der Waals surface area contributed by atoms with E-state index in [0.717, 1.165) is 0 Å². The number of benzene rings is 2. The average molecular weight is 323 g/mol. The third kappa shape index (κ3) is 3.12. The molecule has 0 amide bonds. The van der Waals surface area contributed by atoms with Gasteiger partial charge in [-0.15, -0.1) is 0 Å². The van der Waals surface area contributed by atoms with Gasteiger partial charge >= 0.3 is 6.18 Å². The Bertz CT molecular complexity index is 655. The van der Waals surface area contributed by atoms with Crippen molar-refractivity contribution in [3.05, 3.63) is 71.3 Å². The summed E-state index contributed by atoms with van der Waals surface area (Å²) in [6.45, 7) is 1.81. The number of rotatable bonds is 4. The molecule has 1 N–H and O–H groups in total. The van der Waals surface area contributed by atoms with Crippen molar-refractivity contribution >= 4 is 0 Å². The maximum absolute atomic E-state index is 13.9. The highest BCUT2D eigenvalue weighted by atomic mass is 19.4. The summed E-state index contributed by atoms with van der Waals surface area (Å²) in [7, 11) is 3.58. The predicted octanol–water partition coefficient (Wildman–Crippen LogP) is 4.11. The zero-order valence-corrected chi connectivity index (χ0v) is 13.3. The van der Waals surface area contributed by atoms with E-state index in [9.17, 15) is 18.3 Å². The van der Waals surface area contributed by atoms with Gasteiger partial charge in [0.05, 0.1) is 0 Å². The number of aliphatic hydroxyl groups is 1. The van der Waals surface area contributed by atoms with E-state index in [1.165, 1.54) is 36.4 Å². The van der Waals surface area contributed by atoms with Crippen molar-refractivity contribution in [1.29, 1.82) is 0 Å². The van der Waals surface area contributed by atoms with Gasteiger partial charge in [0.25, 0.3) is 0 Å². The van der Waals surface area contributed by atoms with Crippen molar-refractivity contribution in [1.82, 2.24) is 4.90 Å². The Balaban J connectivity index is 2.73. The Morgan fingerprint density at radius 2 is 1.43 bits per heavy atom. The van der Waals surface area contributed by atoms with Crippen molar-refractivity contribution in [3.63, 3.8) is 0 Å². The molecule has 23 heavy (non-hydrogen) atoms. The highest BCUT2D eigenvalue weighted by molar-refractivity contribution is 5.43. The van der Waals surface area contributed by atoms with Crippen LogP contribution >= 0.6 is 0 Å². The van der Waals surface area contributed by atoms with E-state index in [-0.39, 0.29) is 17.2 Å². The highest BCUT2D eigenvalue weighted by Gasteiger charge is 2.57. The van der Waals surface area contributed by atoms with Gasteiger partial charge in [-0.25, -0.2) is 0 Å². The van der Waals surface area contributed by atoms with Gasteiger partial charge in [0, 0.05) is 11.6 Å². The molecule has 2 rings (SSSR count). The fourth-order valence-corrected chi connectivity index (χ4v) is 2.62. The van der Waals surface area contributed by atoms with Gasteiger partial charge in [-0.05, 0) is 32.1 Å². The topological polar surface area (TPSA) is 23.5 Å². The van der Waals surface area contributed by atoms with Crippen LogP contribution in [-0.4, -0.2) is 30.3 Å². The van der Waals surface area contributed by atoms with Gasteiger partial charge in [-0.3, -0.25) is 0 Å². The molecule has 0 heterocycles.